The Labute approximate surface area is 131 Å². The van der Waals surface area contributed by atoms with Gasteiger partial charge in [0.05, 0.1) is 5.56 Å². The lowest BCUT2D eigenvalue weighted by Gasteiger charge is -2.20. The van der Waals surface area contributed by atoms with E-state index in [0.717, 1.165) is 0 Å². The molecule has 116 valence electrons. The summed E-state index contributed by atoms with van der Waals surface area (Å²) >= 11 is 0. The van der Waals surface area contributed by atoms with Crippen LogP contribution in [0, 0.1) is 5.21 Å². The van der Waals surface area contributed by atoms with Gasteiger partial charge in [-0.15, -0.1) is 0 Å². The molecule has 0 atom stereocenters. The van der Waals surface area contributed by atoms with Crippen molar-refractivity contribution < 1.29 is 14.4 Å². The molecule has 2 aromatic carbocycles. The van der Waals surface area contributed by atoms with Crippen LogP contribution in [0.5, 0.6) is 0 Å². The lowest BCUT2D eigenvalue weighted by atomic mass is 9.96. The van der Waals surface area contributed by atoms with E-state index in [4.69, 9.17) is 10.2 Å². The summed E-state index contributed by atoms with van der Waals surface area (Å²) in [7, 11) is 0. The number of carbonyl (C=O) groups is 1. The number of hydrogen-bond acceptors (Lipinski definition) is 5. The van der Waals surface area contributed by atoms with Crippen molar-refractivity contribution in [1.82, 2.24) is 0 Å². The summed E-state index contributed by atoms with van der Waals surface area (Å²) in [6.45, 7) is 0. The molecule has 0 saturated heterocycles. The van der Waals surface area contributed by atoms with Crippen molar-refractivity contribution in [2.75, 3.05) is 5.23 Å². The van der Waals surface area contributed by atoms with Crippen LogP contribution in [0.1, 0.15) is 10.6 Å². The van der Waals surface area contributed by atoms with Crippen LogP contribution in [0.3, 0.4) is 0 Å². The van der Waals surface area contributed by atoms with Gasteiger partial charge in [-0.1, -0.05) is 60.7 Å². The fourth-order valence-electron chi connectivity index (χ4n) is 2.48. The van der Waals surface area contributed by atoms with Gasteiger partial charge in [0, 0.05) is 5.56 Å². The van der Waals surface area contributed by atoms with E-state index in [-0.39, 0.29) is 11.6 Å². The Balaban J connectivity index is 2.37. The molecule has 3 rings (SSSR count). The largest absolute Gasteiger partial charge is 0.731 e. The molecule has 0 aliphatic carbocycles. The zero-order chi connectivity index (χ0) is 16.4. The molecule has 0 aliphatic heterocycles. The number of primary amides is 1. The summed E-state index contributed by atoms with van der Waals surface area (Å²) in [6, 6.07) is 17.8. The Morgan fingerprint density at radius 3 is 1.87 bits per heavy atom. The summed E-state index contributed by atoms with van der Waals surface area (Å²) < 4.78 is 5.27. The predicted octanol–water partition coefficient (Wildman–Crippen LogP) is 3.41. The number of amides is 1. The zero-order valence-corrected chi connectivity index (χ0v) is 12.0. The first-order chi connectivity index (χ1) is 11.1. The molecule has 3 aromatic rings. The molecular formula is C17H13N2O4-. The molecule has 6 heteroatoms. The van der Waals surface area contributed by atoms with Crippen LogP contribution in [-0.2, 0) is 0 Å². The maximum absolute atomic E-state index is 11.7. The molecule has 0 unspecified atom stereocenters. The standard InChI is InChI=1S/C17H13N2O4/c18-16(20)15-13(11-7-3-1-4-8-11)14(17(23-15)19(21)22)12-9-5-2-6-10-12/h1-10,21H,(H2,18,20)/q-1. The highest BCUT2D eigenvalue weighted by molar-refractivity contribution is 6.04. The van der Waals surface area contributed by atoms with Crippen LogP contribution < -0.4 is 11.0 Å². The highest BCUT2D eigenvalue weighted by atomic mass is 16.8. The molecule has 23 heavy (non-hydrogen) atoms. The number of nitrogens with two attached hydrogens (primary N) is 1. The van der Waals surface area contributed by atoms with Crippen LogP contribution in [0.4, 0.5) is 5.88 Å². The number of carbonyl (C=O) groups excluding carboxylic acids is 1. The lowest BCUT2D eigenvalue weighted by Crippen LogP contribution is -2.11. The van der Waals surface area contributed by atoms with E-state index >= 15 is 0 Å². The van der Waals surface area contributed by atoms with Crippen molar-refractivity contribution in [1.29, 1.82) is 0 Å². The van der Waals surface area contributed by atoms with Gasteiger partial charge in [0.25, 0.3) is 5.91 Å². The van der Waals surface area contributed by atoms with Gasteiger partial charge in [-0.05, 0) is 11.1 Å². The molecule has 0 fully saturated rings. The molecule has 0 bridgehead atoms. The Hall–Kier alpha value is -3.09. The van der Waals surface area contributed by atoms with E-state index < -0.39 is 11.1 Å². The van der Waals surface area contributed by atoms with Crippen molar-refractivity contribution in [2.24, 2.45) is 5.73 Å². The fraction of sp³-hybridized carbons (Fsp3) is 0. The Bertz CT molecular complexity index is 827. The maximum Gasteiger partial charge on any atom is 0.285 e. The van der Waals surface area contributed by atoms with Gasteiger partial charge in [-0.3, -0.25) is 15.2 Å². The van der Waals surface area contributed by atoms with Gasteiger partial charge < -0.3 is 15.4 Å². The first kappa shape index (κ1) is 14.8. The SMILES string of the molecule is NC(=O)c1oc(N([O-])O)c(-c2ccccc2)c1-c1ccccc1. The zero-order valence-electron chi connectivity index (χ0n) is 12.0. The van der Waals surface area contributed by atoms with Crippen LogP contribution in [0.15, 0.2) is 65.1 Å². The Morgan fingerprint density at radius 1 is 0.957 bits per heavy atom. The molecule has 1 heterocycles. The minimum atomic E-state index is -0.825. The first-order valence-electron chi connectivity index (χ1n) is 6.83. The molecule has 6 nitrogen and oxygen atoms in total. The minimum Gasteiger partial charge on any atom is -0.731 e. The monoisotopic (exact) mass is 309 g/mol. The average Bonchev–Trinajstić information content (AvgIpc) is 2.97. The molecule has 0 spiro atoms. The normalized spacial score (nSPS) is 10.5. The average molecular weight is 309 g/mol. The van der Waals surface area contributed by atoms with Crippen molar-refractivity contribution in [2.45, 2.75) is 0 Å². The van der Waals surface area contributed by atoms with Gasteiger partial charge in [-0.2, -0.15) is 0 Å². The summed E-state index contributed by atoms with van der Waals surface area (Å²) in [5.41, 5.74) is 7.32. The number of hydrogen-bond donors (Lipinski definition) is 2. The summed E-state index contributed by atoms with van der Waals surface area (Å²) in [6.07, 6.45) is 0. The molecule has 3 N–H and O–H groups in total. The third kappa shape index (κ3) is 2.68. The molecular weight excluding hydrogens is 296 g/mol. The third-order valence-corrected chi connectivity index (χ3v) is 3.41. The van der Waals surface area contributed by atoms with Crippen molar-refractivity contribution in [3.05, 3.63) is 71.6 Å². The number of benzene rings is 2. The van der Waals surface area contributed by atoms with E-state index in [2.05, 4.69) is 0 Å². The summed E-state index contributed by atoms with van der Waals surface area (Å²) in [5, 5.41) is 20.4. The number of furan rings is 1. The lowest BCUT2D eigenvalue weighted by molar-refractivity contribution is 0.0974. The van der Waals surface area contributed by atoms with Crippen LogP contribution in [0.25, 0.3) is 22.3 Å². The van der Waals surface area contributed by atoms with Gasteiger partial charge in [0.1, 0.15) is 0 Å². The van der Waals surface area contributed by atoms with Gasteiger partial charge in [-0.25, -0.2) is 0 Å². The van der Waals surface area contributed by atoms with Crippen LogP contribution >= 0.6 is 0 Å². The van der Waals surface area contributed by atoms with Crippen molar-refractivity contribution >= 4 is 11.8 Å². The van der Waals surface area contributed by atoms with Crippen LogP contribution in [0.2, 0.25) is 0 Å². The molecule has 0 saturated carbocycles. The van der Waals surface area contributed by atoms with Gasteiger partial charge in [0.2, 0.25) is 11.6 Å². The van der Waals surface area contributed by atoms with Crippen LogP contribution in [-0.4, -0.2) is 11.1 Å². The maximum atomic E-state index is 11.7. The van der Waals surface area contributed by atoms with E-state index in [1.165, 1.54) is 0 Å². The summed E-state index contributed by atoms with van der Waals surface area (Å²) in [5.74, 6) is -1.39. The quantitative estimate of drug-likeness (QED) is 0.719. The second-order valence-corrected chi connectivity index (χ2v) is 4.86. The fourth-order valence-corrected chi connectivity index (χ4v) is 2.48. The topological polar surface area (TPSA) is 103 Å². The highest BCUT2D eigenvalue weighted by Crippen LogP contribution is 2.43. The van der Waals surface area contributed by atoms with Crippen molar-refractivity contribution in [3.8, 4) is 22.3 Å². The highest BCUT2D eigenvalue weighted by Gasteiger charge is 2.26. The predicted molar refractivity (Wildman–Crippen MR) is 85.7 cm³/mol. The second-order valence-electron chi connectivity index (χ2n) is 4.86. The molecule has 1 amide bonds. The van der Waals surface area contributed by atoms with Gasteiger partial charge >= 0.3 is 0 Å². The smallest absolute Gasteiger partial charge is 0.285 e. The van der Waals surface area contributed by atoms with E-state index in [0.29, 0.717) is 22.3 Å². The Morgan fingerprint density at radius 2 is 1.43 bits per heavy atom. The number of rotatable bonds is 4. The molecule has 0 radical (unpaired) electrons. The third-order valence-electron chi connectivity index (χ3n) is 3.41. The van der Waals surface area contributed by atoms with E-state index in [1.54, 1.807) is 48.5 Å². The number of nitrogens with zero attached hydrogens (tertiary/aromatic N) is 1. The van der Waals surface area contributed by atoms with E-state index in [9.17, 15) is 15.2 Å². The van der Waals surface area contributed by atoms with Gasteiger partial charge in [0.15, 0.2) is 0 Å². The Kier molecular flexibility index (Phi) is 3.84. The number of anilines is 1. The van der Waals surface area contributed by atoms with E-state index in [1.807, 2.05) is 12.1 Å². The van der Waals surface area contributed by atoms with Crippen molar-refractivity contribution in [3.63, 3.8) is 0 Å². The molecule has 1 aromatic heterocycles. The first-order valence-corrected chi connectivity index (χ1v) is 6.83. The molecule has 0 aliphatic rings. The minimum absolute atomic E-state index is 0.181. The second kappa shape index (κ2) is 5.96. The summed E-state index contributed by atoms with van der Waals surface area (Å²) in [4.78, 5) is 11.7.